The molecule has 1 amide bonds. The number of hydrogen-bond donors (Lipinski definition) is 2. The van der Waals surface area contributed by atoms with Crippen molar-refractivity contribution in [2.24, 2.45) is 0 Å². The van der Waals surface area contributed by atoms with Crippen LogP contribution in [-0.2, 0) is 4.79 Å². The Bertz CT molecular complexity index is 1320. The van der Waals surface area contributed by atoms with Gasteiger partial charge in [-0.3, -0.25) is 9.89 Å². The van der Waals surface area contributed by atoms with Gasteiger partial charge >= 0.3 is 0 Å². The number of aromatic amines is 1. The largest absolute Gasteiger partial charge is 0.457 e. The summed E-state index contributed by atoms with van der Waals surface area (Å²) in [6.07, 6.45) is 4.89. The standard InChI is InChI=1S/C17H12FN5O.C8H12BrNO/c18-11-3-7-13(8-4-11)24-12-5-1-10(2-6-12)15-14-16(19)20-9-21-17(14)23-22-15;1-7(9)8(11)10-5-3-2-4-6-10/h1-9H,(H3,19,20,21,22,23);1-6H2. The van der Waals surface area contributed by atoms with Crippen LogP contribution in [-0.4, -0.2) is 44.1 Å². The SMILES string of the molecule is C=C(Br)C(=O)N1CCCCC1.Nc1ncnc2n[nH]c(-c3ccc(Oc4ccc(F)cc4)cc3)c12. The first-order valence-electron chi connectivity index (χ1n) is 11.0. The van der Waals surface area contributed by atoms with E-state index in [9.17, 15) is 9.18 Å². The number of likely N-dealkylation sites (tertiary alicyclic amines) is 1. The topological polar surface area (TPSA) is 110 Å². The predicted octanol–water partition coefficient (Wildman–Crippen LogP) is 5.44. The van der Waals surface area contributed by atoms with Gasteiger partial charge in [-0.15, -0.1) is 0 Å². The number of carbonyl (C=O) groups excluding carboxylic acids is 1. The van der Waals surface area contributed by atoms with E-state index < -0.39 is 0 Å². The normalized spacial score (nSPS) is 13.1. The van der Waals surface area contributed by atoms with E-state index >= 15 is 0 Å². The third-order valence-corrected chi connectivity index (χ3v) is 5.79. The number of fused-ring (bicyclic) bond motifs is 1. The number of nitrogens with two attached hydrogens (primary N) is 1. The zero-order valence-corrected chi connectivity index (χ0v) is 20.5. The van der Waals surface area contributed by atoms with Crippen molar-refractivity contribution in [1.82, 2.24) is 25.1 Å². The second-order valence-corrected chi connectivity index (χ2v) is 8.85. The van der Waals surface area contributed by atoms with Crippen LogP contribution in [0, 0.1) is 5.82 Å². The number of piperidine rings is 1. The maximum absolute atomic E-state index is 12.9. The molecule has 0 saturated carbocycles. The van der Waals surface area contributed by atoms with Crippen LogP contribution >= 0.6 is 15.9 Å². The van der Waals surface area contributed by atoms with E-state index in [1.165, 1.54) is 24.9 Å². The van der Waals surface area contributed by atoms with Crippen LogP contribution in [0.15, 0.2) is 65.9 Å². The highest BCUT2D eigenvalue weighted by molar-refractivity contribution is 9.12. The van der Waals surface area contributed by atoms with Crippen molar-refractivity contribution >= 4 is 38.7 Å². The van der Waals surface area contributed by atoms with Crippen molar-refractivity contribution in [2.45, 2.75) is 19.3 Å². The van der Waals surface area contributed by atoms with Crippen molar-refractivity contribution in [2.75, 3.05) is 18.8 Å². The molecule has 0 bridgehead atoms. The first-order valence-corrected chi connectivity index (χ1v) is 11.8. The van der Waals surface area contributed by atoms with Gasteiger partial charge < -0.3 is 15.4 Å². The van der Waals surface area contributed by atoms with Crippen LogP contribution in [0.25, 0.3) is 22.3 Å². The molecule has 35 heavy (non-hydrogen) atoms. The van der Waals surface area contributed by atoms with Gasteiger partial charge in [-0.25, -0.2) is 14.4 Å². The Morgan fingerprint density at radius 3 is 2.29 bits per heavy atom. The number of aromatic nitrogens is 4. The van der Waals surface area contributed by atoms with Gasteiger partial charge in [-0.05, 0) is 83.7 Å². The van der Waals surface area contributed by atoms with Gasteiger partial charge in [-0.1, -0.05) is 6.58 Å². The molecule has 1 fully saturated rings. The van der Waals surface area contributed by atoms with Crippen LogP contribution in [0.2, 0.25) is 0 Å². The maximum Gasteiger partial charge on any atom is 0.260 e. The number of anilines is 1. The molecule has 0 spiro atoms. The average Bonchev–Trinajstić information content (AvgIpc) is 3.32. The fraction of sp³-hybridized carbons (Fsp3) is 0.200. The number of amides is 1. The quantitative estimate of drug-likeness (QED) is 0.334. The molecular weight excluding hydrogens is 515 g/mol. The number of nitrogen functional groups attached to an aromatic ring is 1. The summed E-state index contributed by atoms with van der Waals surface area (Å²) in [5, 5.41) is 7.75. The van der Waals surface area contributed by atoms with E-state index in [-0.39, 0.29) is 11.7 Å². The number of nitrogens with zero attached hydrogens (tertiary/aromatic N) is 4. The highest BCUT2D eigenvalue weighted by Crippen LogP contribution is 2.30. The van der Waals surface area contributed by atoms with E-state index in [1.54, 1.807) is 12.1 Å². The van der Waals surface area contributed by atoms with E-state index in [2.05, 4.69) is 42.7 Å². The number of H-pyrrole nitrogens is 1. The summed E-state index contributed by atoms with van der Waals surface area (Å²) in [6.45, 7) is 5.34. The van der Waals surface area contributed by atoms with Crippen LogP contribution in [0.1, 0.15) is 19.3 Å². The molecule has 0 aliphatic carbocycles. The van der Waals surface area contributed by atoms with Crippen LogP contribution in [0.4, 0.5) is 10.2 Å². The second kappa shape index (κ2) is 11.1. The van der Waals surface area contributed by atoms with Crippen molar-refractivity contribution < 1.29 is 13.9 Å². The highest BCUT2D eigenvalue weighted by atomic mass is 79.9. The maximum atomic E-state index is 12.9. The zero-order chi connectivity index (χ0) is 24.8. The number of halogens is 2. The minimum Gasteiger partial charge on any atom is -0.457 e. The molecule has 5 rings (SSSR count). The van der Waals surface area contributed by atoms with Crippen LogP contribution in [0.5, 0.6) is 11.5 Å². The van der Waals surface area contributed by atoms with Crippen LogP contribution in [0.3, 0.4) is 0 Å². The highest BCUT2D eigenvalue weighted by Gasteiger charge is 2.17. The van der Waals surface area contributed by atoms with E-state index in [0.29, 0.717) is 32.8 Å². The Morgan fingerprint density at radius 2 is 1.66 bits per heavy atom. The summed E-state index contributed by atoms with van der Waals surface area (Å²) in [5.74, 6) is 1.32. The average molecular weight is 539 g/mol. The number of carbonyl (C=O) groups is 1. The summed E-state index contributed by atoms with van der Waals surface area (Å²) < 4.78 is 19.1. The molecular formula is C25H24BrFN6O2. The number of nitrogens with one attached hydrogen (secondary N) is 1. The number of hydrogen-bond acceptors (Lipinski definition) is 6. The van der Waals surface area contributed by atoms with Gasteiger partial charge in [0.05, 0.1) is 15.6 Å². The lowest BCUT2D eigenvalue weighted by molar-refractivity contribution is -0.127. The molecule has 180 valence electrons. The first-order chi connectivity index (χ1) is 16.9. The lowest BCUT2D eigenvalue weighted by Gasteiger charge is -2.26. The van der Waals surface area contributed by atoms with Crippen molar-refractivity contribution in [1.29, 1.82) is 0 Å². The van der Waals surface area contributed by atoms with Gasteiger partial charge in [0.2, 0.25) is 0 Å². The monoisotopic (exact) mass is 538 g/mol. The van der Waals surface area contributed by atoms with Crippen molar-refractivity contribution in [3.63, 3.8) is 0 Å². The van der Waals surface area contributed by atoms with Gasteiger partial charge in [0.25, 0.3) is 5.91 Å². The minimum absolute atomic E-state index is 0.0460. The van der Waals surface area contributed by atoms with E-state index in [4.69, 9.17) is 10.5 Å². The molecule has 1 saturated heterocycles. The second-order valence-electron chi connectivity index (χ2n) is 7.89. The molecule has 10 heteroatoms. The molecule has 3 heterocycles. The Kier molecular flexibility index (Phi) is 7.71. The van der Waals surface area contributed by atoms with E-state index in [1.807, 2.05) is 29.2 Å². The number of rotatable bonds is 4. The molecule has 0 radical (unpaired) electrons. The van der Waals surface area contributed by atoms with Crippen molar-refractivity contribution in [3.05, 3.63) is 71.7 Å². The smallest absolute Gasteiger partial charge is 0.260 e. The molecule has 1 aliphatic heterocycles. The summed E-state index contributed by atoms with van der Waals surface area (Å²) >= 11 is 3.09. The summed E-state index contributed by atoms with van der Waals surface area (Å²) in [5.41, 5.74) is 8.06. The van der Waals surface area contributed by atoms with Gasteiger partial charge in [0.15, 0.2) is 5.65 Å². The Labute approximate surface area is 210 Å². The Hall–Kier alpha value is -3.79. The Balaban J connectivity index is 0.000000221. The molecule has 0 atom stereocenters. The zero-order valence-electron chi connectivity index (χ0n) is 18.9. The van der Waals surface area contributed by atoms with Gasteiger partial charge in [-0.2, -0.15) is 5.10 Å². The molecule has 1 aliphatic rings. The minimum atomic E-state index is -0.302. The molecule has 4 aromatic rings. The van der Waals surface area contributed by atoms with Gasteiger partial charge in [0, 0.05) is 18.7 Å². The summed E-state index contributed by atoms with van der Waals surface area (Å²) in [7, 11) is 0. The first kappa shape index (κ1) is 24.3. The van der Waals surface area contributed by atoms with Gasteiger partial charge in [0.1, 0.15) is 29.5 Å². The predicted molar refractivity (Wildman–Crippen MR) is 137 cm³/mol. The fourth-order valence-electron chi connectivity index (χ4n) is 3.68. The fourth-order valence-corrected chi connectivity index (χ4v) is 3.94. The summed E-state index contributed by atoms with van der Waals surface area (Å²) in [4.78, 5) is 21.2. The molecule has 3 N–H and O–H groups in total. The van der Waals surface area contributed by atoms with E-state index in [0.717, 1.165) is 37.2 Å². The van der Waals surface area contributed by atoms with Crippen LogP contribution < -0.4 is 10.5 Å². The third kappa shape index (κ3) is 6.02. The third-order valence-electron chi connectivity index (χ3n) is 5.45. The molecule has 0 unspecified atom stereocenters. The van der Waals surface area contributed by atoms with Crippen molar-refractivity contribution in [3.8, 4) is 22.8 Å². The summed E-state index contributed by atoms with van der Waals surface area (Å²) in [6, 6.07) is 13.2. The number of ether oxygens (including phenoxy) is 1. The molecule has 2 aromatic carbocycles. The molecule has 8 nitrogen and oxygen atoms in total. The number of benzene rings is 2. The lowest BCUT2D eigenvalue weighted by Crippen LogP contribution is -2.35. The molecule has 2 aromatic heterocycles. The Morgan fingerprint density at radius 1 is 1.03 bits per heavy atom. The lowest BCUT2D eigenvalue weighted by atomic mass is 10.1.